The minimum Gasteiger partial charge on any atom is -0.369 e. The second-order valence-corrected chi connectivity index (χ2v) is 6.89. The van der Waals surface area contributed by atoms with Crippen molar-refractivity contribution in [3.8, 4) is 0 Å². The lowest BCUT2D eigenvalue weighted by molar-refractivity contribution is 0.105. The number of ketones is 1. The highest BCUT2D eigenvalue weighted by Gasteiger charge is 2.12. The van der Waals surface area contributed by atoms with E-state index in [-0.39, 0.29) is 10.7 Å². The van der Waals surface area contributed by atoms with Gasteiger partial charge in [0, 0.05) is 18.0 Å². The van der Waals surface area contributed by atoms with Crippen LogP contribution in [0.25, 0.3) is 0 Å². The Bertz CT molecular complexity index is 835. The molecule has 0 radical (unpaired) electrons. The molecule has 2 aromatic rings. The molecule has 1 aromatic carbocycles. The molecule has 7 nitrogen and oxygen atoms in total. The van der Waals surface area contributed by atoms with Gasteiger partial charge in [-0.1, -0.05) is 6.07 Å². The monoisotopic (exact) mass is 350 g/mol. The van der Waals surface area contributed by atoms with E-state index >= 15 is 0 Å². The number of benzene rings is 1. The van der Waals surface area contributed by atoms with Crippen LogP contribution in [-0.4, -0.2) is 20.2 Å². The van der Waals surface area contributed by atoms with Crippen molar-refractivity contribution in [3.05, 3.63) is 58.9 Å². The molecule has 0 saturated carbocycles. The fourth-order valence-electron chi connectivity index (χ4n) is 1.63. The first kappa shape index (κ1) is 16.7. The van der Waals surface area contributed by atoms with E-state index in [1.807, 2.05) is 5.38 Å². The zero-order chi connectivity index (χ0) is 16.9. The quantitative estimate of drug-likeness (QED) is 0.314. The van der Waals surface area contributed by atoms with Crippen LogP contribution >= 0.6 is 11.3 Å². The summed E-state index contributed by atoms with van der Waals surface area (Å²) in [6.07, 6.45) is 2.89. The average Bonchev–Trinajstić information content (AvgIpc) is 3.00. The van der Waals surface area contributed by atoms with Crippen molar-refractivity contribution in [1.29, 1.82) is 0 Å². The molecule has 0 aliphatic carbocycles. The van der Waals surface area contributed by atoms with Crippen LogP contribution in [0.5, 0.6) is 0 Å². The summed E-state index contributed by atoms with van der Waals surface area (Å²) >= 11 is 1.36. The summed E-state index contributed by atoms with van der Waals surface area (Å²) in [5, 5.41) is 4.70. The molecule has 1 heterocycles. The lowest BCUT2D eigenvalue weighted by atomic mass is 10.3. The van der Waals surface area contributed by atoms with Gasteiger partial charge in [0.05, 0.1) is 9.77 Å². The minimum absolute atomic E-state index is 0.0323. The summed E-state index contributed by atoms with van der Waals surface area (Å²) in [4.78, 5) is 12.4. The number of rotatable bonds is 6. The summed E-state index contributed by atoms with van der Waals surface area (Å²) in [5.74, 6) is -0.637. The molecule has 120 valence electrons. The van der Waals surface area contributed by atoms with Gasteiger partial charge in [-0.2, -0.15) is 8.42 Å². The van der Waals surface area contributed by atoms with E-state index in [0.717, 1.165) is 0 Å². The predicted molar refractivity (Wildman–Crippen MR) is 90.8 cm³/mol. The molecule has 0 saturated heterocycles. The highest BCUT2D eigenvalue weighted by molar-refractivity contribution is 7.90. The topological polar surface area (TPSA) is 128 Å². The largest absolute Gasteiger partial charge is 0.369 e. The fraction of sp³-hybridized carbons (Fsp3) is 0. The first-order valence-corrected chi connectivity index (χ1v) is 8.67. The SMILES string of the molecule is NC(N)=NS(=O)(=O)c1ccc(N/C=C/C(=O)c2cccs2)cc1. The number of carbonyl (C=O) groups excluding carboxylic acids is 1. The maximum atomic E-state index is 11.8. The van der Waals surface area contributed by atoms with E-state index < -0.39 is 16.0 Å². The molecular weight excluding hydrogens is 336 g/mol. The number of thiophene rings is 1. The lowest BCUT2D eigenvalue weighted by Gasteiger charge is -2.03. The Morgan fingerprint density at radius 3 is 2.43 bits per heavy atom. The summed E-state index contributed by atoms with van der Waals surface area (Å²) in [7, 11) is -3.90. The smallest absolute Gasteiger partial charge is 0.285 e. The van der Waals surface area contributed by atoms with Gasteiger partial charge in [-0.05, 0) is 35.7 Å². The van der Waals surface area contributed by atoms with Crippen LogP contribution in [0.1, 0.15) is 9.67 Å². The van der Waals surface area contributed by atoms with Gasteiger partial charge < -0.3 is 16.8 Å². The third-order valence-corrected chi connectivity index (χ3v) is 4.83. The van der Waals surface area contributed by atoms with Crippen LogP contribution in [0.15, 0.2) is 63.3 Å². The number of hydrogen-bond donors (Lipinski definition) is 3. The average molecular weight is 350 g/mol. The summed E-state index contributed by atoms with van der Waals surface area (Å²) in [6.45, 7) is 0. The van der Waals surface area contributed by atoms with Crippen LogP contribution in [0.2, 0.25) is 0 Å². The van der Waals surface area contributed by atoms with Crippen molar-refractivity contribution in [3.63, 3.8) is 0 Å². The van der Waals surface area contributed by atoms with Crippen LogP contribution in [0.3, 0.4) is 0 Å². The molecule has 23 heavy (non-hydrogen) atoms. The Labute approximate surface area is 137 Å². The highest BCUT2D eigenvalue weighted by atomic mass is 32.2. The fourth-order valence-corrected chi connectivity index (χ4v) is 3.14. The third kappa shape index (κ3) is 4.66. The molecule has 1 aromatic heterocycles. The molecule has 2 rings (SSSR count). The maximum Gasteiger partial charge on any atom is 0.285 e. The summed E-state index contributed by atoms with van der Waals surface area (Å²) in [6, 6.07) is 9.33. The predicted octanol–water partition coefficient (Wildman–Crippen LogP) is 1.52. The third-order valence-electron chi connectivity index (χ3n) is 2.63. The molecule has 0 bridgehead atoms. The van der Waals surface area contributed by atoms with Gasteiger partial charge in [0.15, 0.2) is 5.78 Å². The molecule has 5 N–H and O–H groups in total. The standard InChI is InChI=1S/C14H14N4O3S2/c15-14(16)18-23(20,21)11-5-3-10(4-6-11)17-8-7-12(19)13-2-1-9-22-13/h1-9,17H,(H4,15,16,18)/b8-7+. The normalized spacial score (nSPS) is 11.3. The first-order chi connectivity index (χ1) is 10.9. The van der Waals surface area contributed by atoms with Gasteiger partial charge in [0.1, 0.15) is 0 Å². The Morgan fingerprint density at radius 1 is 1.17 bits per heavy atom. The van der Waals surface area contributed by atoms with E-state index in [4.69, 9.17) is 11.5 Å². The number of guanidine groups is 1. The Morgan fingerprint density at radius 2 is 1.87 bits per heavy atom. The molecule has 0 aliphatic rings. The molecule has 0 atom stereocenters. The zero-order valence-corrected chi connectivity index (χ0v) is 13.5. The van der Waals surface area contributed by atoms with Gasteiger partial charge in [-0.25, -0.2) is 0 Å². The van der Waals surface area contributed by atoms with Gasteiger partial charge in [-0.15, -0.1) is 15.7 Å². The Hall–Kier alpha value is -2.65. The van der Waals surface area contributed by atoms with Gasteiger partial charge in [-0.3, -0.25) is 4.79 Å². The number of hydrogen-bond acceptors (Lipinski definition) is 5. The maximum absolute atomic E-state index is 11.8. The Kier molecular flexibility index (Phi) is 5.14. The van der Waals surface area contributed by atoms with E-state index in [2.05, 4.69) is 9.71 Å². The van der Waals surface area contributed by atoms with E-state index in [1.165, 1.54) is 47.9 Å². The van der Waals surface area contributed by atoms with Crippen molar-refractivity contribution in [1.82, 2.24) is 0 Å². The van der Waals surface area contributed by atoms with Crippen LogP contribution in [0.4, 0.5) is 5.69 Å². The number of allylic oxidation sites excluding steroid dienone is 1. The second-order valence-electron chi connectivity index (χ2n) is 4.33. The second kappa shape index (κ2) is 7.07. The first-order valence-electron chi connectivity index (χ1n) is 6.35. The Balaban J connectivity index is 2.03. The molecule has 0 fully saturated rings. The van der Waals surface area contributed by atoms with Crippen LogP contribution < -0.4 is 16.8 Å². The van der Waals surface area contributed by atoms with E-state index in [1.54, 1.807) is 12.1 Å². The number of carbonyl (C=O) groups is 1. The zero-order valence-electron chi connectivity index (χ0n) is 11.8. The number of nitrogens with two attached hydrogens (primary N) is 2. The van der Waals surface area contributed by atoms with Crippen molar-refractivity contribution in [2.24, 2.45) is 15.9 Å². The lowest BCUT2D eigenvalue weighted by Crippen LogP contribution is -2.24. The van der Waals surface area contributed by atoms with E-state index in [9.17, 15) is 13.2 Å². The molecule has 0 unspecified atom stereocenters. The van der Waals surface area contributed by atoms with Crippen molar-refractivity contribution >= 4 is 38.8 Å². The number of nitrogens with zero attached hydrogens (tertiary/aromatic N) is 1. The highest BCUT2D eigenvalue weighted by Crippen LogP contribution is 2.16. The molecular formula is C14H14N4O3S2. The number of nitrogens with one attached hydrogen (secondary N) is 1. The molecule has 9 heteroatoms. The summed E-state index contributed by atoms with van der Waals surface area (Å²) in [5.41, 5.74) is 10.8. The van der Waals surface area contributed by atoms with E-state index in [0.29, 0.717) is 10.6 Å². The van der Waals surface area contributed by atoms with Crippen LogP contribution in [0, 0.1) is 0 Å². The van der Waals surface area contributed by atoms with Gasteiger partial charge in [0.2, 0.25) is 5.96 Å². The number of sulfonamides is 1. The van der Waals surface area contributed by atoms with Gasteiger partial charge in [0.25, 0.3) is 10.0 Å². The van der Waals surface area contributed by atoms with Crippen molar-refractivity contribution in [2.75, 3.05) is 5.32 Å². The minimum atomic E-state index is -3.90. The number of anilines is 1. The van der Waals surface area contributed by atoms with Crippen molar-refractivity contribution in [2.45, 2.75) is 4.90 Å². The molecule has 0 aliphatic heterocycles. The van der Waals surface area contributed by atoms with Gasteiger partial charge >= 0.3 is 0 Å². The summed E-state index contributed by atoms with van der Waals surface area (Å²) < 4.78 is 26.7. The van der Waals surface area contributed by atoms with Crippen LogP contribution in [-0.2, 0) is 10.0 Å². The molecule has 0 amide bonds. The molecule has 0 spiro atoms. The van der Waals surface area contributed by atoms with Crippen molar-refractivity contribution < 1.29 is 13.2 Å².